The number of nitrogens with one attached hydrogen (secondary N) is 1. The van der Waals surface area contributed by atoms with E-state index in [1.807, 2.05) is 0 Å². The topological polar surface area (TPSA) is 169 Å². The lowest BCUT2D eigenvalue weighted by molar-refractivity contribution is -0.131. The van der Waals surface area contributed by atoms with E-state index in [0.717, 1.165) is 0 Å². The van der Waals surface area contributed by atoms with Gasteiger partial charge in [0.05, 0.1) is 12.7 Å². The van der Waals surface area contributed by atoms with Crippen molar-refractivity contribution in [2.24, 2.45) is 16.5 Å². The molecule has 23 heavy (non-hydrogen) atoms. The Balaban J connectivity index is 2.25. The van der Waals surface area contributed by atoms with Crippen LogP contribution in [0.2, 0.25) is 0 Å². The lowest BCUT2D eigenvalue weighted by Crippen LogP contribution is -2.44. The minimum Gasteiger partial charge on any atom is -0.393 e. The van der Waals surface area contributed by atoms with Crippen LogP contribution in [0.5, 0.6) is 0 Å². The number of guanidine groups is 1. The number of aliphatic imine (C=N–C) groups is 1. The first kappa shape index (κ1) is 17.2. The maximum atomic E-state index is 11.9. The number of nitrogens with two attached hydrogens (primary N) is 2. The van der Waals surface area contributed by atoms with E-state index in [9.17, 15) is 19.8 Å². The van der Waals surface area contributed by atoms with E-state index in [1.165, 1.54) is 10.8 Å². The van der Waals surface area contributed by atoms with Gasteiger partial charge in [-0.25, -0.2) is 4.79 Å². The predicted molar refractivity (Wildman–Crippen MR) is 81.9 cm³/mol. The van der Waals surface area contributed by atoms with Crippen molar-refractivity contribution in [3.63, 3.8) is 0 Å². The molecule has 10 heteroatoms. The number of hydrogen-bond acceptors (Lipinski definition) is 6. The molecule has 128 valence electrons. The summed E-state index contributed by atoms with van der Waals surface area (Å²) in [6, 6.07) is 0. The number of ether oxygens (including phenoxy) is 1. The molecule has 0 unspecified atom stereocenters. The molecule has 1 saturated heterocycles. The predicted octanol–water partition coefficient (Wildman–Crippen LogP) is -2.48. The second-order valence-electron chi connectivity index (χ2n) is 5.58. The van der Waals surface area contributed by atoms with Crippen LogP contribution in [0.4, 0.5) is 0 Å². The normalized spacial score (nSPS) is 27.1. The summed E-state index contributed by atoms with van der Waals surface area (Å²) in [4.78, 5) is 29.3. The molecule has 7 N–H and O–H groups in total. The summed E-state index contributed by atoms with van der Waals surface area (Å²) in [5, 5.41) is 19.9. The first-order valence-electron chi connectivity index (χ1n) is 7.13. The summed E-state index contributed by atoms with van der Waals surface area (Å²) >= 11 is 0. The Morgan fingerprint density at radius 1 is 1.57 bits per heavy atom. The van der Waals surface area contributed by atoms with Crippen LogP contribution in [0.25, 0.3) is 0 Å². The molecule has 0 radical (unpaired) electrons. The van der Waals surface area contributed by atoms with Crippen molar-refractivity contribution >= 4 is 5.96 Å². The fourth-order valence-electron chi connectivity index (χ4n) is 2.60. The molecule has 0 saturated carbocycles. The number of rotatable bonds is 5. The molecule has 0 spiro atoms. The zero-order valence-electron chi connectivity index (χ0n) is 12.7. The van der Waals surface area contributed by atoms with Gasteiger partial charge in [0.25, 0.3) is 5.56 Å². The van der Waals surface area contributed by atoms with Gasteiger partial charge in [0.1, 0.15) is 11.8 Å². The Hall–Kier alpha value is -2.17. The van der Waals surface area contributed by atoms with Gasteiger partial charge >= 0.3 is 5.69 Å². The van der Waals surface area contributed by atoms with Crippen molar-refractivity contribution in [3.05, 3.63) is 32.6 Å². The average molecular weight is 327 g/mol. The summed E-state index contributed by atoms with van der Waals surface area (Å²) in [5.41, 5.74) is 8.44. The highest BCUT2D eigenvalue weighted by molar-refractivity contribution is 5.75. The Labute approximate surface area is 131 Å². The van der Waals surface area contributed by atoms with Crippen LogP contribution in [-0.4, -0.2) is 50.6 Å². The van der Waals surface area contributed by atoms with E-state index in [0.29, 0.717) is 5.56 Å². The third-order valence-electron chi connectivity index (χ3n) is 3.96. The molecule has 2 rings (SSSR count). The van der Waals surface area contributed by atoms with Crippen molar-refractivity contribution in [2.75, 3.05) is 13.2 Å². The molecule has 0 bridgehead atoms. The van der Waals surface area contributed by atoms with Crippen LogP contribution < -0.4 is 22.7 Å². The van der Waals surface area contributed by atoms with Gasteiger partial charge in [0.2, 0.25) is 0 Å². The quantitative estimate of drug-likeness (QED) is 0.294. The summed E-state index contributed by atoms with van der Waals surface area (Å²) in [6.07, 6.45) is -0.184. The standard InChI is InChI=1S/C13H21N5O5/c1-7-5-18(12(22)17-10(7)21)9-4-8(20)13(6-19,23-9)2-3-16-11(14)15/h5,8-9,19-20H,2-4,6H2,1H3,(H4,14,15,16)(H,17,21,22)/t8-,9+,13+/m0/s1. The number of aromatic amines is 1. The van der Waals surface area contributed by atoms with E-state index >= 15 is 0 Å². The number of nitrogens with zero attached hydrogens (tertiary/aromatic N) is 2. The van der Waals surface area contributed by atoms with E-state index in [4.69, 9.17) is 16.2 Å². The number of H-pyrrole nitrogens is 1. The fourth-order valence-corrected chi connectivity index (χ4v) is 2.60. The largest absolute Gasteiger partial charge is 0.393 e. The number of aliphatic hydroxyl groups is 2. The molecular weight excluding hydrogens is 306 g/mol. The van der Waals surface area contributed by atoms with Crippen molar-refractivity contribution in [2.45, 2.75) is 37.7 Å². The number of aliphatic hydroxyl groups excluding tert-OH is 2. The molecule has 1 aromatic heterocycles. The first-order valence-corrected chi connectivity index (χ1v) is 7.13. The molecule has 1 aromatic rings. The first-order chi connectivity index (χ1) is 10.8. The molecule has 0 aromatic carbocycles. The van der Waals surface area contributed by atoms with Crippen LogP contribution in [0.15, 0.2) is 20.8 Å². The zero-order valence-corrected chi connectivity index (χ0v) is 12.7. The van der Waals surface area contributed by atoms with Crippen LogP contribution in [0.3, 0.4) is 0 Å². The lowest BCUT2D eigenvalue weighted by Gasteiger charge is -2.29. The highest BCUT2D eigenvalue weighted by Crippen LogP contribution is 2.38. The van der Waals surface area contributed by atoms with Gasteiger partial charge in [0.15, 0.2) is 5.96 Å². The Morgan fingerprint density at radius 3 is 2.87 bits per heavy atom. The number of aryl methyl sites for hydroxylation is 1. The van der Waals surface area contributed by atoms with Gasteiger partial charge in [-0.15, -0.1) is 0 Å². The van der Waals surface area contributed by atoms with Crippen molar-refractivity contribution in [1.29, 1.82) is 0 Å². The minimum absolute atomic E-state index is 0.0910. The molecule has 2 heterocycles. The highest BCUT2D eigenvalue weighted by atomic mass is 16.6. The molecule has 1 aliphatic rings. The Kier molecular flexibility index (Phi) is 4.88. The number of aromatic nitrogens is 2. The van der Waals surface area contributed by atoms with Crippen LogP contribution in [-0.2, 0) is 4.74 Å². The monoisotopic (exact) mass is 327 g/mol. The third kappa shape index (κ3) is 3.44. The maximum absolute atomic E-state index is 11.9. The fraction of sp³-hybridized carbons (Fsp3) is 0.615. The average Bonchev–Trinajstić information content (AvgIpc) is 2.80. The molecule has 1 fully saturated rings. The van der Waals surface area contributed by atoms with Gasteiger partial charge < -0.3 is 26.4 Å². The summed E-state index contributed by atoms with van der Waals surface area (Å²) in [7, 11) is 0. The van der Waals surface area contributed by atoms with E-state index in [-0.39, 0.29) is 25.3 Å². The lowest BCUT2D eigenvalue weighted by atomic mass is 9.94. The van der Waals surface area contributed by atoms with E-state index < -0.39 is 35.8 Å². The molecule has 10 nitrogen and oxygen atoms in total. The van der Waals surface area contributed by atoms with Crippen LogP contribution in [0, 0.1) is 6.92 Å². The van der Waals surface area contributed by atoms with Gasteiger partial charge in [-0.2, -0.15) is 0 Å². The van der Waals surface area contributed by atoms with Crippen molar-refractivity contribution in [3.8, 4) is 0 Å². The third-order valence-corrected chi connectivity index (χ3v) is 3.96. The summed E-state index contributed by atoms with van der Waals surface area (Å²) in [5.74, 6) is -0.102. The van der Waals surface area contributed by atoms with Crippen molar-refractivity contribution in [1.82, 2.24) is 9.55 Å². The Morgan fingerprint density at radius 2 is 2.26 bits per heavy atom. The van der Waals surface area contributed by atoms with Crippen LogP contribution in [0.1, 0.15) is 24.6 Å². The van der Waals surface area contributed by atoms with E-state index in [2.05, 4.69) is 9.98 Å². The van der Waals surface area contributed by atoms with Gasteiger partial charge in [0, 0.05) is 31.1 Å². The maximum Gasteiger partial charge on any atom is 0.330 e. The van der Waals surface area contributed by atoms with Gasteiger partial charge in [-0.05, 0) is 6.92 Å². The molecule has 0 amide bonds. The van der Waals surface area contributed by atoms with Crippen molar-refractivity contribution < 1.29 is 14.9 Å². The number of hydrogen-bond donors (Lipinski definition) is 5. The molecule has 0 aliphatic carbocycles. The molecular formula is C13H21N5O5. The second kappa shape index (κ2) is 6.52. The zero-order chi connectivity index (χ0) is 17.2. The molecule has 1 aliphatic heterocycles. The van der Waals surface area contributed by atoms with Gasteiger partial charge in [-0.1, -0.05) is 0 Å². The van der Waals surface area contributed by atoms with E-state index in [1.54, 1.807) is 6.92 Å². The minimum atomic E-state index is -1.27. The Bertz CT molecular complexity index is 707. The second-order valence-corrected chi connectivity index (χ2v) is 5.58. The SMILES string of the molecule is Cc1cn([C@H]2C[C@H](O)[C@](CO)(CCN=C(N)N)O2)c(=O)[nH]c1=O. The van der Waals surface area contributed by atoms with Gasteiger partial charge in [-0.3, -0.25) is 19.3 Å². The smallest absolute Gasteiger partial charge is 0.330 e. The highest BCUT2D eigenvalue weighted by Gasteiger charge is 2.48. The summed E-state index contributed by atoms with van der Waals surface area (Å²) in [6.45, 7) is 1.26. The van der Waals surface area contributed by atoms with Crippen LogP contribution >= 0.6 is 0 Å². The molecule has 3 atom stereocenters. The summed E-state index contributed by atoms with van der Waals surface area (Å²) < 4.78 is 6.94.